The smallest absolute Gasteiger partial charge is 0.334 e. The molecular weight excluding hydrogens is 316 g/mol. The molecule has 2 rings (SSSR count). The van der Waals surface area contributed by atoms with Crippen LogP contribution in [0.4, 0.5) is 0 Å². The fourth-order valence-electron chi connectivity index (χ4n) is 3.41. The molecule has 138 valence electrons. The van der Waals surface area contributed by atoms with Gasteiger partial charge in [-0.25, -0.2) is 4.79 Å². The minimum absolute atomic E-state index is 0.0572. The average Bonchev–Trinajstić information content (AvgIpc) is 2.58. The van der Waals surface area contributed by atoms with E-state index in [0.717, 1.165) is 24.0 Å². The number of rotatable bonds is 3. The quantitative estimate of drug-likeness (QED) is 0.481. The third kappa shape index (κ3) is 5.16. The third-order valence-corrected chi connectivity index (χ3v) is 5.14. The van der Waals surface area contributed by atoms with Gasteiger partial charge in [0.15, 0.2) is 0 Å². The van der Waals surface area contributed by atoms with Crippen LogP contribution in [0.25, 0.3) is 0 Å². The molecule has 1 N–H and O–H groups in total. The molecule has 0 radical (unpaired) electrons. The highest BCUT2D eigenvalue weighted by Crippen LogP contribution is 2.38. The predicted molar refractivity (Wildman–Crippen MR) is 99.0 cm³/mol. The van der Waals surface area contributed by atoms with Gasteiger partial charge in [-0.1, -0.05) is 42.0 Å². The maximum Gasteiger partial charge on any atom is 0.334 e. The van der Waals surface area contributed by atoms with E-state index in [1.165, 1.54) is 0 Å². The Labute approximate surface area is 150 Å². The molecular formula is C21H30O4. The van der Waals surface area contributed by atoms with Crippen LogP contribution in [0, 0.1) is 11.8 Å². The second-order valence-electron chi connectivity index (χ2n) is 7.58. The van der Waals surface area contributed by atoms with E-state index in [9.17, 15) is 9.90 Å². The predicted octanol–water partition coefficient (Wildman–Crippen LogP) is 3.73. The molecule has 3 atom stereocenters. The number of ether oxygens (including phenoxy) is 2. The van der Waals surface area contributed by atoms with Crippen LogP contribution in [-0.4, -0.2) is 36.5 Å². The molecule has 25 heavy (non-hydrogen) atoms. The van der Waals surface area contributed by atoms with Gasteiger partial charge in [0, 0.05) is 24.5 Å². The van der Waals surface area contributed by atoms with Crippen molar-refractivity contribution in [3.05, 3.63) is 47.6 Å². The maximum absolute atomic E-state index is 12.4. The summed E-state index contributed by atoms with van der Waals surface area (Å²) in [6.45, 7) is 10.5. The molecule has 4 nitrogen and oxygen atoms in total. The number of fused-ring (bicyclic) bond motifs is 1. The number of methoxy groups -OCH3 is 1. The molecule has 1 aliphatic carbocycles. The molecule has 0 amide bonds. The van der Waals surface area contributed by atoms with Gasteiger partial charge in [0.25, 0.3) is 0 Å². The summed E-state index contributed by atoms with van der Waals surface area (Å²) in [6, 6.07) is 0. The van der Waals surface area contributed by atoms with Crippen molar-refractivity contribution in [1.82, 2.24) is 0 Å². The molecule has 1 fully saturated rings. The Hall–Kier alpha value is -1.65. The minimum Gasteiger partial charge on any atom is -0.462 e. The SMILES string of the molecule is C=C1C[C@@H](O)/C=C(\C)CC[C@@H]2/C(=C\C=C\C(C)(C)OC)C(=O)OC[C@@H]12. The third-order valence-electron chi connectivity index (χ3n) is 5.14. The highest BCUT2D eigenvalue weighted by atomic mass is 16.5. The molecule has 4 heteroatoms. The highest BCUT2D eigenvalue weighted by molar-refractivity contribution is 5.90. The normalized spacial score (nSPS) is 32.4. The van der Waals surface area contributed by atoms with E-state index < -0.39 is 6.10 Å². The van der Waals surface area contributed by atoms with Crippen LogP contribution in [0.1, 0.15) is 40.0 Å². The molecule has 2 aliphatic rings. The first kappa shape index (κ1) is 19.7. The van der Waals surface area contributed by atoms with Crippen LogP contribution >= 0.6 is 0 Å². The van der Waals surface area contributed by atoms with Crippen LogP contribution < -0.4 is 0 Å². The van der Waals surface area contributed by atoms with E-state index in [1.807, 2.05) is 45.1 Å². The number of cyclic esters (lactones) is 1. The first-order chi connectivity index (χ1) is 11.7. The summed E-state index contributed by atoms with van der Waals surface area (Å²) in [5.41, 5.74) is 2.39. The molecule has 1 saturated heterocycles. The fraction of sp³-hybridized carbons (Fsp3) is 0.571. The summed E-state index contributed by atoms with van der Waals surface area (Å²) < 4.78 is 10.8. The molecule has 0 aromatic rings. The van der Waals surface area contributed by atoms with Gasteiger partial charge in [-0.2, -0.15) is 0 Å². The van der Waals surface area contributed by atoms with Crippen LogP contribution in [0.15, 0.2) is 47.6 Å². The Morgan fingerprint density at radius 3 is 2.80 bits per heavy atom. The van der Waals surface area contributed by atoms with Crippen molar-refractivity contribution in [3.8, 4) is 0 Å². The standard InChI is InChI=1S/C21H30O4/c1-14-8-9-17-18(7-6-10-21(3,4)24-5)20(23)25-13-19(17)15(2)12-16(22)11-14/h6-7,10-11,16-17,19,22H,2,8-9,12-13H2,1,3-5H3/b10-6+,14-11+,18-7+/t16-,17+,19-/m0/s1. The van der Waals surface area contributed by atoms with Crippen LogP contribution in [0.2, 0.25) is 0 Å². The lowest BCUT2D eigenvalue weighted by Gasteiger charge is -2.34. The second kappa shape index (κ2) is 8.15. The number of hydrogen-bond donors (Lipinski definition) is 1. The molecule has 1 heterocycles. The van der Waals surface area contributed by atoms with E-state index in [4.69, 9.17) is 9.47 Å². The van der Waals surface area contributed by atoms with E-state index in [0.29, 0.717) is 18.6 Å². The Balaban J connectivity index is 2.31. The number of hydrogen-bond acceptors (Lipinski definition) is 4. The van der Waals surface area contributed by atoms with Crippen molar-refractivity contribution >= 4 is 5.97 Å². The zero-order valence-electron chi connectivity index (χ0n) is 15.7. The lowest BCUT2D eigenvalue weighted by atomic mass is 9.76. The van der Waals surface area contributed by atoms with Crippen LogP contribution in [0.3, 0.4) is 0 Å². The topological polar surface area (TPSA) is 55.8 Å². The molecule has 0 aromatic carbocycles. The first-order valence-electron chi connectivity index (χ1n) is 8.88. The number of carbonyl (C=O) groups is 1. The number of esters is 1. The first-order valence-corrected chi connectivity index (χ1v) is 8.88. The average molecular weight is 346 g/mol. The van der Waals surface area contributed by atoms with E-state index in [-0.39, 0.29) is 23.4 Å². The Morgan fingerprint density at radius 2 is 2.12 bits per heavy atom. The lowest BCUT2D eigenvalue weighted by Crippen LogP contribution is -2.34. The highest BCUT2D eigenvalue weighted by Gasteiger charge is 2.37. The Morgan fingerprint density at radius 1 is 1.40 bits per heavy atom. The summed E-state index contributed by atoms with van der Waals surface area (Å²) in [5, 5.41) is 10.2. The summed E-state index contributed by atoms with van der Waals surface area (Å²) in [6.07, 6.45) is 9.24. The van der Waals surface area contributed by atoms with Gasteiger partial charge < -0.3 is 14.6 Å². The number of aliphatic hydroxyl groups is 1. The maximum atomic E-state index is 12.4. The molecule has 1 aliphatic heterocycles. The summed E-state index contributed by atoms with van der Waals surface area (Å²) in [7, 11) is 1.66. The number of aliphatic hydroxyl groups excluding tert-OH is 1. The molecule has 0 aromatic heterocycles. The van der Waals surface area contributed by atoms with Crippen molar-refractivity contribution < 1.29 is 19.4 Å². The van der Waals surface area contributed by atoms with Crippen LogP contribution in [-0.2, 0) is 14.3 Å². The summed E-state index contributed by atoms with van der Waals surface area (Å²) in [5.74, 6) is -0.130. The van der Waals surface area contributed by atoms with E-state index in [2.05, 4.69) is 6.58 Å². The van der Waals surface area contributed by atoms with Gasteiger partial charge in [-0.3, -0.25) is 0 Å². The summed E-state index contributed by atoms with van der Waals surface area (Å²) in [4.78, 5) is 12.4. The molecule has 0 bridgehead atoms. The van der Waals surface area contributed by atoms with Gasteiger partial charge in [0.2, 0.25) is 0 Å². The van der Waals surface area contributed by atoms with E-state index in [1.54, 1.807) is 7.11 Å². The van der Waals surface area contributed by atoms with Crippen molar-refractivity contribution in [1.29, 1.82) is 0 Å². The van der Waals surface area contributed by atoms with Crippen molar-refractivity contribution in [2.24, 2.45) is 11.8 Å². The minimum atomic E-state index is -0.515. The van der Waals surface area contributed by atoms with Gasteiger partial charge in [0.1, 0.15) is 0 Å². The monoisotopic (exact) mass is 346 g/mol. The fourth-order valence-corrected chi connectivity index (χ4v) is 3.41. The van der Waals surface area contributed by atoms with Crippen molar-refractivity contribution in [2.45, 2.75) is 51.7 Å². The Kier molecular flexibility index (Phi) is 6.42. The van der Waals surface area contributed by atoms with E-state index >= 15 is 0 Å². The Bertz CT molecular complexity index is 609. The molecule has 0 unspecified atom stereocenters. The zero-order chi connectivity index (χ0) is 18.6. The number of carbonyl (C=O) groups excluding carboxylic acids is 1. The van der Waals surface area contributed by atoms with Crippen molar-refractivity contribution in [3.63, 3.8) is 0 Å². The summed E-state index contributed by atoms with van der Waals surface area (Å²) >= 11 is 0. The van der Waals surface area contributed by atoms with Gasteiger partial charge in [-0.15, -0.1) is 0 Å². The molecule has 0 spiro atoms. The van der Waals surface area contributed by atoms with Gasteiger partial charge >= 0.3 is 5.97 Å². The molecule has 0 saturated carbocycles. The second-order valence-corrected chi connectivity index (χ2v) is 7.58. The van der Waals surface area contributed by atoms with Crippen LogP contribution in [0.5, 0.6) is 0 Å². The van der Waals surface area contributed by atoms with Gasteiger partial charge in [0.05, 0.1) is 18.3 Å². The lowest BCUT2D eigenvalue weighted by molar-refractivity contribution is -0.144. The largest absolute Gasteiger partial charge is 0.462 e. The zero-order valence-corrected chi connectivity index (χ0v) is 15.7. The van der Waals surface area contributed by atoms with Gasteiger partial charge in [-0.05, 0) is 40.0 Å². The van der Waals surface area contributed by atoms with Crippen molar-refractivity contribution in [2.75, 3.05) is 13.7 Å². The number of allylic oxidation sites excluding steroid dienone is 3.